The van der Waals surface area contributed by atoms with Crippen LogP contribution in [0.4, 0.5) is 0 Å². The van der Waals surface area contributed by atoms with Gasteiger partial charge >= 0.3 is 0 Å². The van der Waals surface area contributed by atoms with Crippen molar-refractivity contribution in [2.24, 2.45) is 0 Å². The Morgan fingerprint density at radius 1 is 0.769 bits per heavy atom. The molecule has 0 aliphatic heterocycles. The second kappa shape index (κ2) is 7.77. The minimum atomic E-state index is 0.707. The van der Waals surface area contributed by atoms with Crippen LogP contribution >= 0.6 is 23.4 Å². The zero-order valence-electron chi connectivity index (χ0n) is 13.9. The quantitative estimate of drug-likeness (QED) is 0.407. The minimum absolute atomic E-state index is 0.707. The molecule has 0 N–H and O–H groups in total. The molecule has 4 rings (SSSR count). The van der Waals surface area contributed by atoms with E-state index in [4.69, 9.17) is 11.6 Å². The van der Waals surface area contributed by atoms with Crippen LogP contribution in [-0.4, -0.2) is 14.8 Å². The molecule has 1 aromatic heterocycles. The van der Waals surface area contributed by atoms with E-state index in [0.29, 0.717) is 5.02 Å². The van der Waals surface area contributed by atoms with Gasteiger partial charge in [-0.2, -0.15) is 0 Å². The molecule has 5 heteroatoms. The molecule has 4 aromatic rings. The first-order valence-electron chi connectivity index (χ1n) is 8.25. The van der Waals surface area contributed by atoms with Crippen molar-refractivity contribution in [3.05, 3.63) is 95.5 Å². The molecule has 0 saturated carbocycles. The zero-order chi connectivity index (χ0) is 17.8. The van der Waals surface area contributed by atoms with E-state index >= 15 is 0 Å². The number of rotatable bonds is 5. The Labute approximate surface area is 161 Å². The topological polar surface area (TPSA) is 30.7 Å². The Kier molecular flexibility index (Phi) is 5.04. The number of hydrogen-bond donors (Lipinski definition) is 0. The highest BCUT2D eigenvalue weighted by molar-refractivity contribution is 7.98. The highest BCUT2D eigenvalue weighted by Gasteiger charge is 2.16. The van der Waals surface area contributed by atoms with Crippen molar-refractivity contribution in [2.45, 2.75) is 10.9 Å². The van der Waals surface area contributed by atoms with Crippen LogP contribution in [0.1, 0.15) is 5.56 Å². The second-order valence-electron chi connectivity index (χ2n) is 5.76. The van der Waals surface area contributed by atoms with Gasteiger partial charge in [-0.05, 0) is 42.0 Å². The standard InChI is InChI=1S/C21H16ClN3S/c22-18-13-11-17(12-14-18)20-23-24-21(25(20)19-9-5-2-6-10-19)26-15-16-7-3-1-4-8-16/h1-14H,15H2. The Morgan fingerprint density at radius 3 is 2.12 bits per heavy atom. The maximum Gasteiger partial charge on any atom is 0.196 e. The molecule has 0 amide bonds. The molecule has 0 spiro atoms. The summed E-state index contributed by atoms with van der Waals surface area (Å²) in [6.07, 6.45) is 0. The maximum atomic E-state index is 6.03. The van der Waals surface area contributed by atoms with Crippen molar-refractivity contribution >= 4 is 23.4 Å². The van der Waals surface area contributed by atoms with Crippen LogP contribution in [0.25, 0.3) is 17.1 Å². The van der Waals surface area contributed by atoms with E-state index in [1.165, 1.54) is 5.56 Å². The van der Waals surface area contributed by atoms with Crippen LogP contribution < -0.4 is 0 Å². The SMILES string of the molecule is Clc1ccc(-c2nnc(SCc3ccccc3)n2-c2ccccc2)cc1. The fourth-order valence-corrected chi connectivity index (χ4v) is 3.72. The summed E-state index contributed by atoms with van der Waals surface area (Å²) in [4.78, 5) is 0. The Bertz CT molecular complexity index is 983. The number of benzene rings is 3. The molecule has 26 heavy (non-hydrogen) atoms. The third-order valence-corrected chi connectivity index (χ3v) is 5.21. The Hall–Kier alpha value is -2.56. The van der Waals surface area contributed by atoms with Crippen LogP contribution in [0, 0.1) is 0 Å². The molecule has 0 unspecified atom stereocenters. The monoisotopic (exact) mass is 377 g/mol. The van der Waals surface area contributed by atoms with Crippen LogP contribution in [-0.2, 0) is 5.75 Å². The summed E-state index contributed by atoms with van der Waals surface area (Å²) in [5, 5.41) is 10.5. The van der Waals surface area contributed by atoms with Gasteiger partial charge in [-0.25, -0.2) is 0 Å². The third-order valence-electron chi connectivity index (χ3n) is 3.96. The van der Waals surface area contributed by atoms with E-state index in [1.807, 2.05) is 48.5 Å². The van der Waals surface area contributed by atoms with Crippen LogP contribution in [0.5, 0.6) is 0 Å². The van der Waals surface area contributed by atoms with Gasteiger partial charge < -0.3 is 0 Å². The van der Waals surface area contributed by atoms with Crippen molar-refractivity contribution in [1.82, 2.24) is 14.8 Å². The van der Waals surface area contributed by atoms with E-state index < -0.39 is 0 Å². The van der Waals surface area contributed by atoms with Crippen LogP contribution in [0.2, 0.25) is 5.02 Å². The van der Waals surface area contributed by atoms with E-state index in [-0.39, 0.29) is 0 Å². The van der Waals surface area contributed by atoms with Gasteiger partial charge in [0.05, 0.1) is 0 Å². The van der Waals surface area contributed by atoms with Gasteiger partial charge in [0, 0.05) is 22.0 Å². The summed E-state index contributed by atoms with van der Waals surface area (Å²) in [6.45, 7) is 0. The molecule has 0 aliphatic carbocycles. The largest absolute Gasteiger partial charge is 0.270 e. The number of halogens is 1. The first-order valence-corrected chi connectivity index (χ1v) is 9.61. The smallest absolute Gasteiger partial charge is 0.196 e. The second-order valence-corrected chi connectivity index (χ2v) is 7.14. The lowest BCUT2D eigenvalue weighted by molar-refractivity contribution is 0.886. The fraction of sp³-hybridized carbons (Fsp3) is 0.0476. The first-order chi connectivity index (χ1) is 12.8. The third kappa shape index (κ3) is 3.66. The average molecular weight is 378 g/mol. The maximum absolute atomic E-state index is 6.03. The average Bonchev–Trinajstić information content (AvgIpc) is 3.12. The molecule has 1 heterocycles. The van der Waals surface area contributed by atoms with Gasteiger partial charge in [-0.3, -0.25) is 4.57 Å². The van der Waals surface area contributed by atoms with Crippen molar-refractivity contribution in [3.8, 4) is 17.1 Å². The van der Waals surface area contributed by atoms with Crippen LogP contribution in [0.15, 0.2) is 90.1 Å². The van der Waals surface area contributed by atoms with E-state index in [0.717, 1.165) is 28.0 Å². The number of thioether (sulfide) groups is 1. The molecular formula is C21H16ClN3S. The van der Waals surface area contributed by atoms with E-state index in [2.05, 4.69) is 51.2 Å². The Morgan fingerprint density at radius 2 is 1.42 bits per heavy atom. The van der Waals surface area contributed by atoms with Crippen molar-refractivity contribution in [3.63, 3.8) is 0 Å². The Balaban J connectivity index is 1.73. The van der Waals surface area contributed by atoms with E-state index in [9.17, 15) is 0 Å². The summed E-state index contributed by atoms with van der Waals surface area (Å²) in [7, 11) is 0. The van der Waals surface area contributed by atoms with Crippen molar-refractivity contribution < 1.29 is 0 Å². The van der Waals surface area contributed by atoms with Gasteiger partial charge in [0.15, 0.2) is 11.0 Å². The highest BCUT2D eigenvalue weighted by atomic mass is 35.5. The van der Waals surface area contributed by atoms with Gasteiger partial charge in [0.25, 0.3) is 0 Å². The predicted molar refractivity (Wildman–Crippen MR) is 108 cm³/mol. The van der Waals surface area contributed by atoms with Crippen molar-refractivity contribution in [1.29, 1.82) is 0 Å². The van der Waals surface area contributed by atoms with Crippen molar-refractivity contribution in [2.75, 3.05) is 0 Å². The van der Waals surface area contributed by atoms with Crippen LogP contribution in [0.3, 0.4) is 0 Å². The minimum Gasteiger partial charge on any atom is -0.270 e. The molecule has 0 bridgehead atoms. The van der Waals surface area contributed by atoms with Gasteiger partial charge in [0.1, 0.15) is 0 Å². The molecule has 128 valence electrons. The molecule has 0 atom stereocenters. The predicted octanol–water partition coefficient (Wildman–Crippen LogP) is 5.88. The molecule has 0 radical (unpaired) electrons. The summed E-state index contributed by atoms with van der Waals surface area (Å²) in [6, 6.07) is 28.2. The molecule has 0 fully saturated rings. The van der Waals surface area contributed by atoms with Gasteiger partial charge in [0.2, 0.25) is 0 Å². The lowest BCUT2D eigenvalue weighted by Crippen LogP contribution is -1.99. The highest BCUT2D eigenvalue weighted by Crippen LogP contribution is 2.30. The fourth-order valence-electron chi connectivity index (χ4n) is 2.68. The summed E-state index contributed by atoms with van der Waals surface area (Å²) < 4.78 is 2.09. The lowest BCUT2D eigenvalue weighted by atomic mass is 10.2. The normalized spacial score (nSPS) is 10.8. The number of hydrogen-bond acceptors (Lipinski definition) is 3. The zero-order valence-corrected chi connectivity index (χ0v) is 15.5. The molecule has 3 nitrogen and oxygen atoms in total. The molecule has 0 saturated heterocycles. The number of nitrogens with zero attached hydrogens (tertiary/aromatic N) is 3. The van der Waals surface area contributed by atoms with Gasteiger partial charge in [-0.1, -0.05) is 71.9 Å². The molecule has 3 aromatic carbocycles. The molecule has 0 aliphatic rings. The first kappa shape index (κ1) is 16.9. The number of aromatic nitrogens is 3. The summed E-state index contributed by atoms with van der Waals surface area (Å²) in [5.74, 6) is 1.65. The number of para-hydroxylation sites is 1. The van der Waals surface area contributed by atoms with Gasteiger partial charge in [-0.15, -0.1) is 10.2 Å². The molecular weight excluding hydrogens is 362 g/mol. The van der Waals surface area contributed by atoms with E-state index in [1.54, 1.807) is 11.8 Å². The summed E-state index contributed by atoms with van der Waals surface area (Å²) in [5.41, 5.74) is 3.28. The summed E-state index contributed by atoms with van der Waals surface area (Å²) >= 11 is 7.71. The lowest BCUT2D eigenvalue weighted by Gasteiger charge is -2.10.